The highest BCUT2D eigenvalue weighted by Gasteiger charge is 2.04. The summed E-state index contributed by atoms with van der Waals surface area (Å²) < 4.78 is 5.04. The number of ether oxygens (including phenoxy) is 1. The van der Waals surface area contributed by atoms with E-state index in [2.05, 4.69) is 0 Å². The van der Waals surface area contributed by atoms with Crippen LogP contribution in [0.4, 0.5) is 5.69 Å². The predicted octanol–water partition coefficient (Wildman–Crippen LogP) is 1.78. The molecule has 14 heavy (non-hydrogen) atoms. The highest BCUT2D eigenvalue weighted by molar-refractivity contribution is 6.32. The molecule has 1 rings (SSSR count). The standard InChI is InChI=1S/C10H14ClNO2/c1-12(5-6-13)8-3-4-10(14-2)9(11)7-8/h3-4,7,13H,5-6H2,1-2H3. The first-order valence-electron chi connectivity index (χ1n) is 4.34. The van der Waals surface area contributed by atoms with E-state index in [0.29, 0.717) is 17.3 Å². The second-order valence-corrected chi connectivity index (χ2v) is 3.37. The van der Waals surface area contributed by atoms with E-state index in [0.717, 1.165) is 5.69 Å². The molecule has 4 heteroatoms. The van der Waals surface area contributed by atoms with Crippen LogP contribution < -0.4 is 9.64 Å². The van der Waals surface area contributed by atoms with E-state index < -0.39 is 0 Å². The molecule has 0 amide bonds. The van der Waals surface area contributed by atoms with E-state index in [4.69, 9.17) is 21.4 Å². The van der Waals surface area contributed by atoms with Crippen LogP contribution in [-0.4, -0.2) is 32.4 Å². The Morgan fingerprint density at radius 1 is 1.50 bits per heavy atom. The summed E-state index contributed by atoms with van der Waals surface area (Å²) in [4.78, 5) is 1.92. The number of aliphatic hydroxyl groups is 1. The quantitative estimate of drug-likeness (QED) is 0.831. The van der Waals surface area contributed by atoms with Crippen LogP contribution in [0.5, 0.6) is 5.75 Å². The zero-order chi connectivity index (χ0) is 10.6. The van der Waals surface area contributed by atoms with E-state index in [1.165, 1.54) is 0 Å². The Morgan fingerprint density at radius 3 is 2.71 bits per heavy atom. The van der Waals surface area contributed by atoms with Crippen LogP contribution in [0.25, 0.3) is 0 Å². The predicted molar refractivity (Wildman–Crippen MR) is 58.4 cm³/mol. The molecule has 0 aliphatic heterocycles. The van der Waals surface area contributed by atoms with E-state index in [-0.39, 0.29) is 6.61 Å². The number of anilines is 1. The van der Waals surface area contributed by atoms with Gasteiger partial charge in [0.05, 0.1) is 18.7 Å². The van der Waals surface area contributed by atoms with Crippen molar-refractivity contribution in [2.24, 2.45) is 0 Å². The number of nitrogens with zero attached hydrogens (tertiary/aromatic N) is 1. The summed E-state index contributed by atoms with van der Waals surface area (Å²) in [5.74, 6) is 0.660. The van der Waals surface area contributed by atoms with Crippen LogP contribution >= 0.6 is 11.6 Å². The smallest absolute Gasteiger partial charge is 0.137 e. The van der Waals surface area contributed by atoms with Gasteiger partial charge in [-0.25, -0.2) is 0 Å². The number of likely N-dealkylation sites (N-methyl/N-ethyl adjacent to an activating group) is 1. The van der Waals surface area contributed by atoms with Crippen LogP contribution in [0.2, 0.25) is 5.02 Å². The summed E-state index contributed by atoms with van der Waals surface area (Å²) in [6.07, 6.45) is 0. The minimum atomic E-state index is 0.125. The molecule has 0 unspecified atom stereocenters. The Balaban J connectivity index is 2.85. The minimum Gasteiger partial charge on any atom is -0.495 e. The SMILES string of the molecule is COc1ccc(N(C)CCO)cc1Cl. The highest BCUT2D eigenvalue weighted by atomic mass is 35.5. The molecule has 0 aliphatic rings. The van der Waals surface area contributed by atoms with Crippen molar-refractivity contribution in [1.29, 1.82) is 0 Å². The third-order valence-electron chi connectivity index (χ3n) is 2.01. The van der Waals surface area contributed by atoms with E-state index >= 15 is 0 Å². The van der Waals surface area contributed by atoms with Gasteiger partial charge >= 0.3 is 0 Å². The van der Waals surface area contributed by atoms with Crippen LogP contribution in [0.1, 0.15) is 0 Å². The first-order chi connectivity index (χ1) is 6.69. The summed E-state index contributed by atoms with van der Waals surface area (Å²) in [6.45, 7) is 0.711. The molecule has 0 aliphatic carbocycles. The van der Waals surface area contributed by atoms with Crippen LogP contribution in [0, 0.1) is 0 Å². The van der Waals surface area contributed by atoms with Crippen LogP contribution in [-0.2, 0) is 0 Å². The van der Waals surface area contributed by atoms with Gasteiger partial charge in [-0.1, -0.05) is 11.6 Å². The van der Waals surface area contributed by atoms with Gasteiger partial charge in [0.1, 0.15) is 5.75 Å². The van der Waals surface area contributed by atoms with Crippen molar-refractivity contribution in [3.63, 3.8) is 0 Å². The van der Waals surface area contributed by atoms with Crippen molar-refractivity contribution in [2.45, 2.75) is 0 Å². The van der Waals surface area contributed by atoms with Gasteiger partial charge in [0.15, 0.2) is 0 Å². The van der Waals surface area contributed by atoms with Gasteiger partial charge in [-0.3, -0.25) is 0 Å². The lowest BCUT2D eigenvalue weighted by molar-refractivity contribution is 0.304. The van der Waals surface area contributed by atoms with Crippen molar-refractivity contribution in [3.8, 4) is 5.75 Å². The number of aliphatic hydroxyl groups excluding tert-OH is 1. The lowest BCUT2D eigenvalue weighted by atomic mass is 10.3. The van der Waals surface area contributed by atoms with Crippen molar-refractivity contribution >= 4 is 17.3 Å². The molecular weight excluding hydrogens is 202 g/mol. The first kappa shape index (κ1) is 11.1. The average molecular weight is 216 g/mol. The number of hydrogen-bond donors (Lipinski definition) is 1. The molecule has 0 spiro atoms. The summed E-state index contributed by atoms with van der Waals surface area (Å²) in [5, 5.41) is 9.35. The monoisotopic (exact) mass is 215 g/mol. The third kappa shape index (κ3) is 2.53. The Bertz CT molecular complexity index is 304. The van der Waals surface area contributed by atoms with Gasteiger partial charge in [-0.05, 0) is 18.2 Å². The molecule has 1 aromatic rings. The second-order valence-electron chi connectivity index (χ2n) is 2.96. The molecule has 0 fully saturated rings. The minimum absolute atomic E-state index is 0.125. The Kier molecular flexibility index (Phi) is 4.04. The van der Waals surface area contributed by atoms with Gasteiger partial charge in [-0.2, -0.15) is 0 Å². The van der Waals surface area contributed by atoms with Gasteiger partial charge in [-0.15, -0.1) is 0 Å². The molecular formula is C10H14ClNO2. The molecule has 0 atom stereocenters. The zero-order valence-electron chi connectivity index (χ0n) is 8.33. The van der Waals surface area contributed by atoms with Gasteiger partial charge in [0.25, 0.3) is 0 Å². The van der Waals surface area contributed by atoms with Gasteiger partial charge in [0.2, 0.25) is 0 Å². The second kappa shape index (κ2) is 5.08. The van der Waals surface area contributed by atoms with Crippen LogP contribution in [0.3, 0.4) is 0 Å². The molecule has 1 N–H and O–H groups in total. The normalized spacial score (nSPS) is 10.0. The number of halogens is 1. The molecule has 78 valence electrons. The maximum atomic E-state index is 8.77. The Hall–Kier alpha value is -0.930. The largest absolute Gasteiger partial charge is 0.495 e. The van der Waals surface area contributed by atoms with Gasteiger partial charge in [0, 0.05) is 19.3 Å². The van der Waals surface area contributed by atoms with Crippen molar-refractivity contribution in [1.82, 2.24) is 0 Å². The molecule has 0 aromatic heterocycles. The van der Waals surface area contributed by atoms with E-state index in [1.54, 1.807) is 7.11 Å². The lowest BCUT2D eigenvalue weighted by Crippen LogP contribution is -2.20. The molecule has 0 saturated carbocycles. The Morgan fingerprint density at radius 2 is 2.21 bits per heavy atom. The fraction of sp³-hybridized carbons (Fsp3) is 0.400. The maximum Gasteiger partial charge on any atom is 0.137 e. The topological polar surface area (TPSA) is 32.7 Å². The number of rotatable bonds is 4. The molecule has 0 bridgehead atoms. The van der Waals surface area contributed by atoms with E-state index in [9.17, 15) is 0 Å². The molecule has 0 saturated heterocycles. The van der Waals surface area contributed by atoms with Crippen molar-refractivity contribution in [3.05, 3.63) is 23.2 Å². The van der Waals surface area contributed by atoms with Gasteiger partial charge < -0.3 is 14.7 Å². The summed E-state index contributed by atoms with van der Waals surface area (Å²) in [5.41, 5.74) is 0.963. The molecule has 1 aromatic carbocycles. The summed E-state index contributed by atoms with van der Waals surface area (Å²) in [7, 11) is 3.48. The van der Waals surface area contributed by atoms with E-state index in [1.807, 2.05) is 30.1 Å². The van der Waals surface area contributed by atoms with Crippen LogP contribution in [0.15, 0.2) is 18.2 Å². The fourth-order valence-electron chi connectivity index (χ4n) is 1.17. The summed E-state index contributed by atoms with van der Waals surface area (Å²) >= 11 is 5.96. The fourth-order valence-corrected chi connectivity index (χ4v) is 1.42. The summed E-state index contributed by atoms with van der Waals surface area (Å²) in [6, 6.07) is 5.53. The molecule has 3 nitrogen and oxygen atoms in total. The first-order valence-corrected chi connectivity index (χ1v) is 4.72. The Labute approximate surface area is 88.9 Å². The van der Waals surface area contributed by atoms with Crippen molar-refractivity contribution in [2.75, 3.05) is 32.2 Å². The third-order valence-corrected chi connectivity index (χ3v) is 2.31. The molecule has 0 heterocycles. The maximum absolute atomic E-state index is 8.77. The van der Waals surface area contributed by atoms with Crippen molar-refractivity contribution < 1.29 is 9.84 Å². The lowest BCUT2D eigenvalue weighted by Gasteiger charge is -2.18. The zero-order valence-corrected chi connectivity index (χ0v) is 9.08. The molecule has 0 radical (unpaired) electrons. The highest BCUT2D eigenvalue weighted by Crippen LogP contribution is 2.28. The average Bonchev–Trinajstić information content (AvgIpc) is 2.18. The number of hydrogen-bond acceptors (Lipinski definition) is 3. The number of methoxy groups -OCH3 is 1. The number of benzene rings is 1.